The van der Waals surface area contributed by atoms with Crippen LogP contribution in [0.4, 0.5) is 0 Å². The molecule has 1 aliphatic heterocycles. The van der Waals surface area contributed by atoms with Crippen LogP contribution in [-0.2, 0) is 21.5 Å². The minimum atomic E-state index is -0.450. The molecule has 2 aliphatic rings. The standard InChI is InChI=1S/C34H48O3/c1-5-7-8-12-20-33(3,4)29-18-19-30(32(24-29)35-26-27-15-10-9-11-16-27)31-25-34(36-22-23-37-34)21-13-17-28(31)14-6-2/h6,9-11,15-16,18-19,24,28,31H,2,5,7-8,12-14,17,20-23,25-26H2,1,3-4H3/t28-,31-/m0/s1. The van der Waals surface area contributed by atoms with E-state index in [9.17, 15) is 0 Å². The Morgan fingerprint density at radius 2 is 1.84 bits per heavy atom. The van der Waals surface area contributed by atoms with Gasteiger partial charge >= 0.3 is 0 Å². The maximum absolute atomic E-state index is 6.67. The van der Waals surface area contributed by atoms with Crippen molar-refractivity contribution in [2.75, 3.05) is 13.2 Å². The fraction of sp³-hybridized carbons (Fsp3) is 0.588. The van der Waals surface area contributed by atoms with Crippen molar-refractivity contribution in [3.63, 3.8) is 0 Å². The molecule has 4 rings (SSSR count). The molecule has 2 aromatic rings. The Balaban J connectivity index is 1.67. The highest BCUT2D eigenvalue weighted by Gasteiger charge is 2.43. The quantitative estimate of drug-likeness (QED) is 0.213. The highest BCUT2D eigenvalue weighted by atomic mass is 16.7. The normalized spacial score (nSPS) is 21.6. The largest absolute Gasteiger partial charge is 0.489 e. The van der Waals surface area contributed by atoms with Crippen LogP contribution in [0.1, 0.15) is 108 Å². The lowest BCUT2D eigenvalue weighted by Gasteiger charge is -2.33. The van der Waals surface area contributed by atoms with Gasteiger partial charge in [-0.05, 0) is 65.7 Å². The first-order chi connectivity index (χ1) is 18.0. The fourth-order valence-corrected chi connectivity index (χ4v) is 6.32. The lowest BCUT2D eigenvalue weighted by Crippen LogP contribution is -2.32. The maximum atomic E-state index is 6.67. The molecule has 0 unspecified atom stereocenters. The van der Waals surface area contributed by atoms with Crippen LogP contribution in [0.5, 0.6) is 5.75 Å². The van der Waals surface area contributed by atoms with Gasteiger partial charge in [-0.25, -0.2) is 0 Å². The number of hydrogen-bond acceptors (Lipinski definition) is 3. The molecule has 37 heavy (non-hydrogen) atoms. The molecule has 1 saturated carbocycles. The fourth-order valence-electron chi connectivity index (χ4n) is 6.32. The molecule has 1 spiro atoms. The van der Waals surface area contributed by atoms with Crippen molar-refractivity contribution >= 4 is 0 Å². The zero-order valence-electron chi connectivity index (χ0n) is 23.5. The Morgan fingerprint density at radius 3 is 2.57 bits per heavy atom. The third-order valence-electron chi connectivity index (χ3n) is 8.60. The van der Waals surface area contributed by atoms with E-state index in [2.05, 4.69) is 82.0 Å². The summed E-state index contributed by atoms with van der Waals surface area (Å²) < 4.78 is 19.2. The molecule has 0 N–H and O–H groups in total. The predicted molar refractivity (Wildman–Crippen MR) is 153 cm³/mol. The summed E-state index contributed by atoms with van der Waals surface area (Å²) in [5.41, 5.74) is 3.97. The van der Waals surface area contributed by atoms with E-state index >= 15 is 0 Å². The zero-order valence-corrected chi connectivity index (χ0v) is 23.5. The minimum absolute atomic E-state index is 0.111. The minimum Gasteiger partial charge on any atom is -0.489 e. The van der Waals surface area contributed by atoms with Crippen molar-refractivity contribution in [2.45, 2.75) is 109 Å². The Morgan fingerprint density at radius 1 is 1.05 bits per heavy atom. The summed E-state index contributed by atoms with van der Waals surface area (Å²) in [5.74, 6) is 1.40. The zero-order chi connectivity index (χ0) is 26.1. The topological polar surface area (TPSA) is 27.7 Å². The van der Waals surface area contributed by atoms with Crippen LogP contribution in [0.3, 0.4) is 0 Å². The van der Waals surface area contributed by atoms with Gasteiger partial charge in [0.1, 0.15) is 12.4 Å². The van der Waals surface area contributed by atoms with Gasteiger partial charge in [0.15, 0.2) is 5.79 Å². The highest BCUT2D eigenvalue weighted by Crippen LogP contribution is 2.48. The van der Waals surface area contributed by atoms with Gasteiger partial charge in [-0.1, -0.05) is 95.0 Å². The van der Waals surface area contributed by atoms with Crippen molar-refractivity contribution in [1.82, 2.24) is 0 Å². The van der Waals surface area contributed by atoms with E-state index in [-0.39, 0.29) is 5.41 Å². The number of rotatable bonds is 12. The number of unbranched alkanes of at least 4 members (excludes halogenated alkanes) is 3. The van der Waals surface area contributed by atoms with Gasteiger partial charge in [0.05, 0.1) is 13.2 Å². The van der Waals surface area contributed by atoms with Crippen LogP contribution < -0.4 is 4.74 Å². The molecular weight excluding hydrogens is 456 g/mol. The molecule has 3 nitrogen and oxygen atoms in total. The van der Waals surface area contributed by atoms with E-state index < -0.39 is 5.79 Å². The van der Waals surface area contributed by atoms with Crippen molar-refractivity contribution < 1.29 is 14.2 Å². The summed E-state index contributed by atoms with van der Waals surface area (Å²) in [6.45, 7) is 13.1. The molecule has 0 aromatic heterocycles. The van der Waals surface area contributed by atoms with Crippen LogP contribution in [0.15, 0.2) is 61.2 Å². The Labute approximate surface area is 225 Å². The second-order valence-electron chi connectivity index (χ2n) is 11.8. The number of hydrogen-bond donors (Lipinski definition) is 0. The van der Waals surface area contributed by atoms with E-state index in [4.69, 9.17) is 14.2 Å². The third kappa shape index (κ3) is 7.27. The van der Waals surface area contributed by atoms with Crippen molar-refractivity contribution in [3.8, 4) is 5.75 Å². The smallest absolute Gasteiger partial charge is 0.169 e. The van der Waals surface area contributed by atoms with Gasteiger partial charge in [-0.15, -0.1) is 6.58 Å². The Bertz CT molecular complexity index is 974. The van der Waals surface area contributed by atoms with Crippen molar-refractivity contribution in [3.05, 3.63) is 77.9 Å². The second-order valence-corrected chi connectivity index (χ2v) is 11.8. The lowest BCUT2D eigenvalue weighted by atomic mass is 9.76. The van der Waals surface area contributed by atoms with Crippen molar-refractivity contribution in [1.29, 1.82) is 0 Å². The van der Waals surface area contributed by atoms with Crippen LogP contribution in [0, 0.1) is 5.92 Å². The summed E-state index contributed by atoms with van der Waals surface area (Å²) in [5, 5.41) is 0. The van der Waals surface area contributed by atoms with Gasteiger partial charge < -0.3 is 14.2 Å². The average Bonchev–Trinajstić information content (AvgIpc) is 3.29. The van der Waals surface area contributed by atoms with Crippen molar-refractivity contribution in [2.24, 2.45) is 5.92 Å². The summed E-state index contributed by atoms with van der Waals surface area (Å²) >= 11 is 0. The molecule has 0 radical (unpaired) electrons. The molecule has 0 amide bonds. The van der Waals surface area contributed by atoms with Crippen LogP contribution in [0.2, 0.25) is 0 Å². The van der Waals surface area contributed by atoms with E-state index in [1.54, 1.807) is 0 Å². The first-order valence-electron chi connectivity index (χ1n) is 14.7. The molecule has 2 atom stereocenters. The van der Waals surface area contributed by atoms with E-state index in [1.165, 1.54) is 48.8 Å². The molecule has 1 heterocycles. The van der Waals surface area contributed by atoms with Gasteiger partial charge in [-0.3, -0.25) is 0 Å². The number of ether oxygens (including phenoxy) is 3. The summed E-state index contributed by atoms with van der Waals surface area (Å²) in [6.07, 6.45) is 13.6. The van der Waals surface area contributed by atoms with Gasteiger partial charge in [0.25, 0.3) is 0 Å². The molecule has 3 heteroatoms. The number of allylic oxidation sites excluding steroid dienone is 1. The Hall–Kier alpha value is -2.10. The average molecular weight is 505 g/mol. The summed E-state index contributed by atoms with van der Waals surface area (Å²) in [7, 11) is 0. The third-order valence-corrected chi connectivity index (χ3v) is 8.60. The molecule has 202 valence electrons. The second kappa shape index (κ2) is 13.1. The van der Waals surface area contributed by atoms with Crippen LogP contribution >= 0.6 is 0 Å². The summed E-state index contributed by atoms with van der Waals surface area (Å²) in [4.78, 5) is 0. The van der Waals surface area contributed by atoms with E-state index in [1.807, 2.05) is 0 Å². The first-order valence-corrected chi connectivity index (χ1v) is 14.7. The van der Waals surface area contributed by atoms with Crippen LogP contribution in [0.25, 0.3) is 0 Å². The highest BCUT2D eigenvalue weighted by molar-refractivity contribution is 5.43. The molecular formula is C34H48O3. The van der Waals surface area contributed by atoms with Crippen LogP contribution in [-0.4, -0.2) is 19.0 Å². The molecule has 0 bridgehead atoms. The summed E-state index contributed by atoms with van der Waals surface area (Å²) in [6, 6.07) is 17.6. The molecule has 1 aliphatic carbocycles. The van der Waals surface area contributed by atoms with E-state index in [0.29, 0.717) is 31.7 Å². The molecule has 2 aromatic carbocycles. The maximum Gasteiger partial charge on any atom is 0.169 e. The lowest BCUT2D eigenvalue weighted by molar-refractivity contribution is -0.168. The predicted octanol–water partition coefficient (Wildman–Crippen LogP) is 9.11. The van der Waals surface area contributed by atoms with Gasteiger partial charge in [0.2, 0.25) is 0 Å². The number of benzene rings is 2. The SMILES string of the molecule is C=CC[C@H]1CCCC2(C[C@@H]1c1ccc(C(C)(C)CCCCCC)cc1OCc1ccccc1)OCCO2. The molecule has 1 saturated heterocycles. The first kappa shape index (κ1) is 27.9. The van der Waals surface area contributed by atoms with Gasteiger partial charge in [0, 0.05) is 12.8 Å². The monoisotopic (exact) mass is 504 g/mol. The molecule has 2 fully saturated rings. The van der Waals surface area contributed by atoms with Gasteiger partial charge in [-0.2, -0.15) is 0 Å². The Kier molecular flexibility index (Phi) is 9.90. The van der Waals surface area contributed by atoms with E-state index in [0.717, 1.165) is 37.9 Å².